The number of carbonyl (C=O) groups excluding carboxylic acids is 1. The van der Waals surface area contributed by atoms with Crippen LogP contribution in [0.25, 0.3) is 11.0 Å². The van der Waals surface area contributed by atoms with Crippen LogP contribution in [0.15, 0.2) is 6.07 Å². The van der Waals surface area contributed by atoms with Gasteiger partial charge in [-0.2, -0.15) is 5.10 Å². The summed E-state index contributed by atoms with van der Waals surface area (Å²) in [4.78, 5) is 17.8. The van der Waals surface area contributed by atoms with Crippen molar-refractivity contribution in [2.75, 3.05) is 19.6 Å². The summed E-state index contributed by atoms with van der Waals surface area (Å²) in [5, 5.41) is 11.9. The standard InChI is InChI=1S/C20H31N5O.2ClH/c1-6-9-21-10-11-22-19(26)15-12-16(14-7-8-14)23-18-17(15)13(2)24-25(18)20(3,4)5;;/h12,14,21H,6-11H2,1-5H3,(H,22,26);2*1H. The molecule has 6 nitrogen and oxygen atoms in total. The van der Waals surface area contributed by atoms with Crippen molar-refractivity contribution in [3.8, 4) is 0 Å². The van der Waals surface area contributed by atoms with Crippen LogP contribution >= 0.6 is 24.8 Å². The molecule has 0 spiro atoms. The normalized spacial score (nSPS) is 13.8. The SMILES string of the molecule is CCCNCCNC(=O)c1cc(C2CC2)nc2c1c(C)nn2C(C)(C)C.Cl.Cl. The number of nitrogens with zero attached hydrogens (tertiary/aromatic N) is 3. The average Bonchev–Trinajstić information content (AvgIpc) is 3.37. The highest BCUT2D eigenvalue weighted by atomic mass is 35.5. The number of hydrogen-bond acceptors (Lipinski definition) is 4. The van der Waals surface area contributed by atoms with Crippen LogP contribution in [-0.4, -0.2) is 40.3 Å². The summed E-state index contributed by atoms with van der Waals surface area (Å²) in [7, 11) is 0. The van der Waals surface area contributed by atoms with Gasteiger partial charge in [-0.05, 0) is 59.6 Å². The predicted molar refractivity (Wildman–Crippen MR) is 119 cm³/mol. The summed E-state index contributed by atoms with van der Waals surface area (Å²) in [5.74, 6) is 0.454. The van der Waals surface area contributed by atoms with Gasteiger partial charge < -0.3 is 10.6 Å². The van der Waals surface area contributed by atoms with Gasteiger partial charge in [0.15, 0.2) is 5.65 Å². The zero-order chi connectivity index (χ0) is 18.9. The van der Waals surface area contributed by atoms with Crippen LogP contribution in [0, 0.1) is 6.92 Å². The first kappa shape index (κ1) is 24.7. The summed E-state index contributed by atoms with van der Waals surface area (Å²) < 4.78 is 1.96. The van der Waals surface area contributed by atoms with Gasteiger partial charge in [-0.1, -0.05) is 6.92 Å². The number of amides is 1. The third-order valence-electron chi connectivity index (χ3n) is 4.72. The van der Waals surface area contributed by atoms with Crippen molar-refractivity contribution in [2.45, 2.75) is 65.3 Å². The van der Waals surface area contributed by atoms with Gasteiger partial charge in [0.1, 0.15) is 0 Å². The van der Waals surface area contributed by atoms with Crippen LogP contribution in [0.4, 0.5) is 0 Å². The lowest BCUT2D eigenvalue weighted by Gasteiger charge is -2.20. The van der Waals surface area contributed by atoms with E-state index in [4.69, 9.17) is 10.1 Å². The molecule has 0 aromatic carbocycles. The Morgan fingerprint density at radius 3 is 2.46 bits per heavy atom. The number of fused-ring (bicyclic) bond motifs is 1. The largest absolute Gasteiger partial charge is 0.351 e. The van der Waals surface area contributed by atoms with Crippen LogP contribution in [0.2, 0.25) is 0 Å². The molecule has 0 unspecified atom stereocenters. The third kappa shape index (κ3) is 5.37. The van der Waals surface area contributed by atoms with Gasteiger partial charge in [0.2, 0.25) is 0 Å². The van der Waals surface area contributed by atoms with E-state index in [2.05, 4.69) is 38.3 Å². The summed E-state index contributed by atoms with van der Waals surface area (Å²) in [6.45, 7) is 12.8. The second-order valence-electron chi connectivity index (χ2n) is 8.24. The molecular weight excluding hydrogens is 397 g/mol. The Balaban J connectivity index is 0.00000196. The van der Waals surface area contributed by atoms with Crippen LogP contribution in [0.1, 0.15) is 74.6 Å². The van der Waals surface area contributed by atoms with E-state index < -0.39 is 0 Å². The number of halogens is 2. The van der Waals surface area contributed by atoms with Crippen molar-refractivity contribution in [1.29, 1.82) is 0 Å². The summed E-state index contributed by atoms with van der Waals surface area (Å²) >= 11 is 0. The van der Waals surface area contributed by atoms with Crippen LogP contribution in [-0.2, 0) is 5.54 Å². The number of nitrogens with one attached hydrogen (secondary N) is 2. The van der Waals surface area contributed by atoms with Gasteiger partial charge in [0.05, 0.1) is 22.2 Å². The first-order chi connectivity index (χ1) is 12.3. The molecule has 2 aromatic heterocycles. The Kier molecular flexibility index (Phi) is 8.72. The summed E-state index contributed by atoms with van der Waals surface area (Å²) in [5.41, 5.74) is 3.24. The fraction of sp³-hybridized carbons (Fsp3) is 0.650. The molecule has 1 fully saturated rings. The summed E-state index contributed by atoms with van der Waals surface area (Å²) in [6, 6.07) is 1.98. The zero-order valence-electron chi connectivity index (χ0n) is 17.5. The Bertz CT molecular complexity index is 809. The average molecular weight is 430 g/mol. The number of aromatic nitrogens is 3. The molecule has 0 radical (unpaired) electrons. The lowest BCUT2D eigenvalue weighted by atomic mass is 10.1. The number of rotatable bonds is 7. The summed E-state index contributed by atoms with van der Waals surface area (Å²) in [6.07, 6.45) is 3.40. The van der Waals surface area contributed by atoms with Crippen molar-refractivity contribution < 1.29 is 4.79 Å². The van der Waals surface area contributed by atoms with Crippen LogP contribution < -0.4 is 10.6 Å². The maximum atomic E-state index is 12.9. The molecule has 0 saturated heterocycles. The van der Waals surface area contributed by atoms with Crippen molar-refractivity contribution in [3.63, 3.8) is 0 Å². The number of aryl methyl sites for hydroxylation is 1. The fourth-order valence-corrected chi connectivity index (χ4v) is 3.20. The molecule has 0 aliphatic heterocycles. The van der Waals surface area contributed by atoms with Gasteiger partial charge in [-0.15, -0.1) is 24.8 Å². The topological polar surface area (TPSA) is 71.8 Å². The third-order valence-corrected chi connectivity index (χ3v) is 4.72. The minimum atomic E-state index is -0.181. The molecule has 28 heavy (non-hydrogen) atoms. The molecule has 0 bridgehead atoms. The predicted octanol–water partition coefficient (Wildman–Crippen LogP) is 3.95. The van der Waals surface area contributed by atoms with Crippen molar-refractivity contribution in [3.05, 3.63) is 23.0 Å². The fourth-order valence-electron chi connectivity index (χ4n) is 3.20. The molecule has 1 amide bonds. The quantitative estimate of drug-likeness (QED) is 0.653. The highest BCUT2D eigenvalue weighted by molar-refractivity contribution is 6.06. The highest BCUT2D eigenvalue weighted by Crippen LogP contribution is 2.40. The molecule has 8 heteroatoms. The van der Waals surface area contributed by atoms with Gasteiger partial charge in [-0.3, -0.25) is 4.79 Å². The van der Waals surface area contributed by atoms with E-state index >= 15 is 0 Å². The Morgan fingerprint density at radius 2 is 1.89 bits per heavy atom. The van der Waals surface area contributed by atoms with E-state index in [0.717, 1.165) is 54.8 Å². The molecule has 1 aliphatic carbocycles. The van der Waals surface area contributed by atoms with Gasteiger partial charge in [0, 0.05) is 24.7 Å². The number of carbonyl (C=O) groups is 1. The molecule has 1 saturated carbocycles. The van der Waals surface area contributed by atoms with Crippen LogP contribution in [0.5, 0.6) is 0 Å². The van der Waals surface area contributed by atoms with Crippen molar-refractivity contribution >= 4 is 41.8 Å². The molecule has 3 rings (SSSR count). The Hall–Kier alpha value is -1.37. The van der Waals surface area contributed by atoms with E-state index in [1.807, 2.05) is 17.7 Å². The van der Waals surface area contributed by atoms with Crippen molar-refractivity contribution in [2.24, 2.45) is 0 Å². The molecular formula is C20H33Cl2N5O. The Labute approximate surface area is 180 Å². The van der Waals surface area contributed by atoms with Gasteiger partial charge in [0.25, 0.3) is 5.91 Å². The smallest absolute Gasteiger partial charge is 0.252 e. The van der Waals surface area contributed by atoms with E-state index in [0.29, 0.717) is 18.0 Å². The first-order valence-electron chi connectivity index (χ1n) is 9.72. The molecule has 158 valence electrons. The maximum Gasteiger partial charge on any atom is 0.252 e. The molecule has 2 N–H and O–H groups in total. The first-order valence-corrected chi connectivity index (χ1v) is 9.72. The van der Waals surface area contributed by atoms with E-state index in [1.54, 1.807) is 0 Å². The molecule has 1 aliphatic rings. The molecule has 2 heterocycles. The van der Waals surface area contributed by atoms with Gasteiger partial charge >= 0.3 is 0 Å². The number of pyridine rings is 1. The number of hydrogen-bond donors (Lipinski definition) is 2. The minimum Gasteiger partial charge on any atom is -0.351 e. The van der Waals surface area contributed by atoms with Crippen LogP contribution in [0.3, 0.4) is 0 Å². The van der Waals surface area contributed by atoms with E-state index in [9.17, 15) is 4.79 Å². The highest BCUT2D eigenvalue weighted by Gasteiger charge is 2.30. The maximum absolute atomic E-state index is 12.9. The van der Waals surface area contributed by atoms with Gasteiger partial charge in [-0.25, -0.2) is 9.67 Å². The van der Waals surface area contributed by atoms with E-state index in [-0.39, 0.29) is 36.3 Å². The molecule has 0 atom stereocenters. The molecule has 2 aromatic rings. The minimum absolute atomic E-state index is 0. The van der Waals surface area contributed by atoms with Crippen molar-refractivity contribution in [1.82, 2.24) is 25.4 Å². The Morgan fingerprint density at radius 1 is 1.21 bits per heavy atom. The second kappa shape index (κ2) is 9.90. The monoisotopic (exact) mass is 429 g/mol. The second-order valence-corrected chi connectivity index (χ2v) is 8.24. The van der Waals surface area contributed by atoms with E-state index in [1.165, 1.54) is 0 Å². The lowest BCUT2D eigenvalue weighted by molar-refractivity contribution is 0.0955. The lowest BCUT2D eigenvalue weighted by Crippen LogP contribution is -2.32. The zero-order valence-corrected chi connectivity index (χ0v) is 19.1.